The molecule has 194 valence electrons. The number of pyridine rings is 1. The van der Waals surface area contributed by atoms with Gasteiger partial charge in [0.25, 0.3) is 5.91 Å². The number of amides is 1. The zero-order valence-corrected chi connectivity index (χ0v) is 22.1. The highest BCUT2D eigenvalue weighted by molar-refractivity contribution is 5.97. The molecule has 0 fully saturated rings. The largest absolute Gasteiger partial charge is 0.488 e. The van der Waals surface area contributed by atoms with E-state index in [0.29, 0.717) is 34.8 Å². The Morgan fingerprint density at radius 2 is 1.78 bits per heavy atom. The number of para-hydroxylation sites is 2. The van der Waals surface area contributed by atoms with Gasteiger partial charge in [0.15, 0.2) is 0 Å². The molecule has 0 saturated heterocycles. The van der Waals surface area contributed by atoms with Crippen molar-refractivity contribution in [2.24, 2.45) is 11.3 Å². The highest BCUT2D eigenvalue weighted by Crippen LogP contribution is 2.34. The van der Waals surface area contributed by atoms with E-state index in [4.69, 9.17) is 4.74 Å². The Kier molecular flexibility index (Phi) is 7.86. The Morgan fingerprint density at radius 1 is 1.05 bits per heavy atom. The third kappa shape index (κ3) is 5.96. The number of aromatic nitrogens is 4. The molecule has 0 spiro atoms. The van der Waals surface area contributed by atoms with Crippen molar-refractivity contribution in [1.29, 1.82) is 0 Å². The number of fused-ring (bicyclic) bond motifs is 1. The number of carbonyl (C=O) groups excluding carboxylic acids is 1. The number of nitrogens with zero attached hydrogens (tertiary/aromatic N) is 5. The molecule has 2 aromatic carbocycles. The van der Waals surface area contributed by atoms with E-state index in [1.54, 1.807) is 54.8 Å². The molecule has 4 rings (SSSR count). The molecule has 0 N–H and O–H groups in total. The van der Waals surface area contributed by atoms with E-state index >= 15 is 0 Å². The van der Waals surface area contributed by atoms with Gasteiger partial charge in [-0.1, -0.05) is 52.3 Å². The second kappa shape index (κ2) is 11.1. The van der Waals surface area contributed by atoms with Crippen LogP contribution >= 0.6 is 0 Å². The van der Waals surface area contributed by atoms with Crippen molar-refractivity contribution < 1.29 is 13.9 Å². The summed E-state index contributed by atoms with van der Waals surface area (Å²) in [6, 6.07) is 13.9. The first kappa shape index (κ1) is 26.3. The summed E-state index contributed by atoms with van der Waals surface area (Å²) in [7, 11) is 1.77. The van der Waals surface area contributed by atoms with E-state index < -0.39 is 5.82 Å². The third-order valence-corrected chi connectivity index (χ3v) is 6.83. The Bertz CT molecular complexity index is 1350. The minimum absolute atomic E-state index is 0.0592. The van der Waals surface area contributed by atoms with Crippen LogP contribution in [-0.4, -0.2) is 50.5 Å². The Labute approximate surface area is 217 Å². The van der Waals surface area contributed by atoms with E-state index in [1.165, 1.54) is 10.9 Å². The van der Waals surface area contributed by atoms with Crippen LogP contribution in [0.2, 0.25) is 0 Å². The van der Waals surface area contributed by atoms with Crippen LogP contribution in [0.5, 0.6) is 5.75 Å². The summed E-state index contributed by atoms with van der Waals surface area (Å²) in [5.41, 5.74) is 1.44. The summed E-state index contributed by atoms with van der Waals surface area (Å²) in [4.78, 5) is 20.9. The van der Waals surface area contributed by atoms with Crippen LogP contribution in [0, 0.1) is 17.2 Å². The van der Waals surface area contributed by atoms with Crippen molar-refractivity contribution >= 4 is 16.8 Å². The maximum atomic E-state index is 14.4. The van der Waals surface area contributed by atoms with Gasteiger partial charge in [-0.2, -0.15) is 15.0 Å². The molecule has 2 atom stereocenters. The standard InChI is InChI=1S/C29H34FN5O2/c1-6-20(29(2,3)4)18-21(37-26-14-15-31-27-23(26)11-9-12-24(27)30)19-34(5)28(36)22-10-7-8-13-25(22)35-32-16-17-33-35/h7-17,20-21H,6,18-19H2,1-5H3. The summed E-state index contributed by atoms with van der Waals surface area (Å²) < 4.78 is 20.9. The lowest BCUT2D eigenvalue weighted by atomic mass is 9.76. The van der Waals surface area contributed by atoms with Crippen LogP contribution in [0.4, 0.5) is 4.39 Å². The molecule has 4 aromatic rings. The Hall–Kier alpha value is -3.81. The number of halogens is 1. The average molecular weight is 504 g/mol. The second-order valence-corrected chi connectivity index (χ2v) is 10.4. The first-order chi connectivity index (χ1) is 17.7. The van der Waals surface area contributed by atoms with E-state index in [0.717, 1.165) is 12.8 Å². The van der Waals surface area contributed by atoms with E-state index in [-0.39, 0.29) is 22.9 Å². The molecule has 8 heteroatoms. The van der Waals surface area contributed by atoms with Gasteiger partial charge in [-0.05, 0) is 48.1 Å². The fourth-order valence-corrected chi connectivity index (χ4v) is 4.77. The number of likely N-dealkylation sites (N-methyl/N-ethyl adjacent to an activating group) is 1. The van der Waals surface area contributed by atoms with E-state index in [1.807, 2.05) is 18.2 Å². The lowest BCUT2D eigenvalue weighted by molar-refractivity contribution is 0.0629. The molecule has 1 amide bonds. The first-order valence-electron chi connectivity index (χ1n) is 12.6. The predicted molar refractivity (Wildman–Crippen MR) is 142 cm³/mol. The Balaban J connectivity index is 1.64. The normalized spacial score (nSPS) is 13.4. The fourth-order valence-electron chi connectivity index (χ4n) is 4.77. The van der Waals surface area contributed by atoms with Gasteiger partial charge in [0.2, 0.25) is 0 Å². The summed E-state index contributed by atoms with van der Waals surface area (Å²) in [6.45, 7) is 9.19. The molecule has 0 saturated carbocycles. The zero-order valence-electron chi connectivity index (χ0n) is 22.1. The molecule has 0 radical (unpaired) electrons. The zero-order chi connectivity index (χ0) is 26.6. The minimum atomic E-state index is -0.392. The third-order valence-electron chi connectivity index (χ3n) is 6.83. The van der Waals surface area contributed by atoms with Gasteiger partial charge in [-0.25, -0.2) is 4.39 Å². The number of hydrogen-bond acceptors (Lipinski definition) is 5. The predicted octanol–water partition coefficient (Wildman–Crippen LogP) is 5.94. The van der Waals surface area contributed by atoms with Gasteiger partial charge in [-0.3, -0.25) is 9.78 Å². The lowest BCUT2D eigenvalue weighted by Crippen LogP contribution is -2.40. The van der Waals surface area contributed by atoms with Crippen LogP contribution < -0.4 is 4.74 Å². The summed E-state index contributed by atoms with van der Waals surface area (Å²) in [5.74, 6) is 0.361. The number of carbonyl (C=O) groups is 1. The Morgan fingerprint density at radius 3 is 2.49 bits per heavy atom. The highest BCUT2D eigenvalue weighted by Gasteiger charge is 2.29. The van der Waals surface area contributed by atoms with Crippen LogP contribution in [0.25, 0.3) is 16.6 Å². The van der Waals surface area contributed by atoms with Crippen LogP contribution in [-0.2, 0) is 0 Å². The summed E-state index contributed by atoms with van der Waals surface area (Å²) >= 11 is 0. The minimum Gasteiger partial charge on any atom is -0.488 e. The topological polar surface area (TPSA) is 73.1 Å². The molecule has 2 unspecified atom stereocenters. The van der Waals surface area contributed by atoms with Crippen molar-refractivity contribution in [3.63, 3.8) is 0 Å². The van der Waals surface area contributed by atoms with Gasteiger partial charge in [-0.15, -0.1) is 0 Å². The average Bonchev–Trinajstić information content (AvgIpc) is 3.41. The van der Waals surface area contributed by atoms with E-state index in [2.05, 4.69) is 42.9 Å². The summed E-state index contributed by atoms with van der Waals surface area (Å²) in [5, 5.41) is 9.00. The van der Waals surface area contributed by atoms with Crippen LogP contribution in [0.3, 0.4) is 0 Å². The quantitative estimate of drug-likeness (QED) is 0.283. The molecule has 0 aliphatic carbocycles. The highest BCUT2D eigenvalue weighted by atomic mass is 19.1. The first-order valence-corrected chi connectivity index (χ1v) is 12.6. The molecule has 2 heterocycles. The van der Waals surface area contributed by atoms with E-state index in [9.17, 15) is 9.18 Å². The molecular formula is C29H34FN5O2. The molecule has 0 aliphatic rings. The van der Waals surface area contributed by atoms with Gasteiger partial charge < -0.3 is 9.64 Å². The SMILES string of the molecule is CCC(CC(CN(C)C(=O)c1ccccc1-n1nccn1)Oc1ccnc2c(F)cccc12)C(C)(C)C. The molecule has 7 nitrogen and oxygen atoms in total. The van der Waals surface area contributed by atoms with Crippen molar-refractivity contribution in [1.82, 2.24) is 24.9 Å². The summed E-state index contributed by atoms with van der Waals surface area (Å²) in [6.07, 6.45) is 6.10. The van der Waals surface area contributed by atoms with Crippen molar-refractivity contribution in [2.75, 3.05) is 13.6 Å². The molecule has 2 aromatic heterocycles. The smallest absolute Gasteiger partial charge is 0.255 e. The van der Waals surface area contributed by atoms with Crippen molar-refractivity contribution in [2.45, 2.75) is 46.6 Å². The lowest BCUT2D eigenvalue weighted by Gasteiger charge is -2.34. The van der Waals surface area contributed by atoms with Crippen LogP contribution in [0.15, 0.2) is 67.1 Å². The van der Waals surface area contributed by atoms with Gasteiger partial charge in [0, 0.05) is 18.6 Å². The van der Waals surface area contributed by atoms with Crippen LogP contribution in [0.1, 0.15) is 50.9 Å². The molecule has 0 aliphatic heterocycles. The van der Waals surface area contributed by atoms with Gasteiger partial charge >= 0.3 is 0 Å². The maximum Gasteiger partial charge on any atom is 0.255 e. The fraction of sp³-hybridized carbons (Fsp3) is 0.379. The van der Waals surface area contributed by atoms with Gasteiger partial charge in [0.1, 0.15) is 23.2 Å². The van der Waals surface area contributed by atoms with Gasteiger partial charge in [0.05, 0.1) is 30.2 Å². The molecular weight excluding hydrogens is 469 g/mol. The monoisotopic (exact) mass is 503 g/mol. The number of benzene rings is 2. The molecule has 37 heavy (non-hydrogen) atoms. The second-order valence-electron chi connectivity index (χ2n) is 10.4. The number of ether oxygens (including phenoxy) is 1. The number of hydrogen-bond donors (Lipinski definition) is 0. The number of rotatable bonds is 9. The van der Waals surface area contributed by atoms with Crippen molar-refractivity contribution in [3.8, 4) is 11.4 Å². The van der Waals surface area contributed by atoms with Crippen molar-refractivity contribution in [3.05, 3.63) is 78.5 Å². The maximum absolute atomic E-state index is 14.4. The molecule has 0 bridgehead atoms.